The van der Waals surface area contributed by atoms with Crippen molar-refractivity contribution in [3.63, 3.8) is 0 Å². The summed E-state index contributed by atoms with van der Waals surface area (Å²) in [6.07, 6.45) is 4.39. The number of guanidine groups is 1. The molecule has 1 atom stereocenters. The van der Waals surface area contributed by atoms with Crippen LogP contribution >= 0.6 is 24.0 Å². The summed E-state index contributed by atoms with van der Waals surface area (Å²) in [5.74, 6) is 0.901. The van der Waals surface area contributed by atoms with Crippen LogP contribution in [0.2, 0.25) is 0 Å². The number of aliphatic imine (C=N–C) groups is 1. The van der Waals surface area contributed by atoms with Gasteiger partial charge >= 0.3 is 0 Å². The van der Waals surface area contributed by atoms with E-state index >= 15 is 0 Å². The van der Waals surface area contributed by atoms with Crippen LogP contribution in [0.5, 0.6) is 0 Å². The minimum absolute atomic E-state index is 0. The molecule has 9 heteroatoms. The Morgan fingerprint density at radius 1 is 1.38 bits per heavy atom. The third kappa shape index (κ3) is 11.4. The highest BCUT2D eigenvalue weighted by Gasteiger charge is 2.28. The smallest absolute Gasteiger partial charge is 0.191 e. The molecule has 0 saturated heterocycles. The lowest BCUT2D eigenvalue weighted by Crippen LogP contribution is -2.45. The summed E-state index contributed by atoms with van der Waals surface area (Å²) >= 11 is 0. The van der Waals surface area contributed by atoms with Gasteiger partial charge in [-0.15, -0.1) is 24.0 Å². The monoisotopic (exact) mass is 476 g/mol. The molecule has 0 aromatic carbocycles. The number of methoxy groups -OCH3 is 1. The normalized spacial score (nSPS) is 16.6. The average Bonchev–Trinajstić information content (AvgIpc) is 3.31. The minimum atomic E-state index is -2.92. The summed E-state index contributed by atoms with van der Waals surface area (Å²) in [5.41, 5.74) is 0. The zero-order valence-corrected chi connectivity index (χ0v) is 18.4. The fourth-order valence-corrected chi connectivity index (χ4v) is 3.12. The van der Waals surface area contributed by atoms with Gasteiger partial charge in [0.05, 0.1) is 12.4 Å². The molecular weight excluding hydrogens is 443 g/mol. The second-order valence-corrected chi connectivity index (χ2v) is 8.48. The summed E-state index contributed by atoms with van der Waals surface area (Å²) in [5, 5.41) is 6.53. The number of rotatable bonds is 11. The van der Waals surface area contributed by atoms with Crippen LogP contribution in [0.4, 0.5) is 0 Å². The summed E-state index contributed by atoms with van der Waals surface area (Å²) in [7, 11) is 0.533. The molecule has 1 rings (SSSR count). The first-order valence-corrected chi connectivity index (χ1v) is 10.3. The molecular formula is C15H33IN4O3S. The Kier molecular flexibility index (Phi) is 12.2. The highest BCUT2D eigenvalue weighted by atomic mass is 127. The fraction of sp³-hybridized carbons (Fsp3) is 0.933. The molecule has 2 N–H and O–H groups in total. The molecule has 144 valence electrons. The molecule has 0 amide bonds. The standard InChI is InChI=1S/C15H32N4O3S.HI/c1-13(7-12-23(4,20)21)18-15(16-2)17-8-9-19(10-11-22-3)14-5-6-14;/h13-14H,5-12H2,1-4H3,(H2,16,17,18);1H. The van der Waals surface area contributed by atoms with Gasteiger partial charge in [0.1, 0.15) is 9.84 Å². The van der Waals surface area contributed by atoms with Crippen molar-refractivity contribution in [1.82, 2.24) is 15.5 Å². The van der Waals surface area contributed by atoms with Gasteiger partial charge in [0.25, 0.3) is 0 Å². The van der Waals surface area contributed by atoms with Crippen molar-refractivity contribution in [3.05, 3.63) is 0 Å². The Morgan fingerprint density at radius 2 is 2.04 bits per heavy atom. The van der Waals surface area contributed by atoms with Crippen LogP contribution in [0, 0.1) is 0 Å². The first-order valence-electron chi connectivity index (χ1n) is 8.23. The summed E-state index contributed by atoms with van der Waals surface area (Å²) in [6, 6.07) is 0.763. The molecule has 1 unspecified atom stereocenters. The van der Waals surface area contributed by atoms with Crippen molar-refractivity contribution in [1.29, 1.82) is 0 Å². The van der Waals surface area contributed by atoms with Gasteiger partial charge in [-0.05, 0) is 26.2 Å². The maximum atomic E-state index is 11.2. The van der Waals surface area contributed by atoms with Crippen LogP contribution in [-0.2, 0) is 14.6 Å². The number of halogens is 1. The molecule has 0 aromatic rings. The van der Waals surface area contributed by atoms with Crippen molar-refractivity contribution < 1.29 is 13.2 Å². The first kappa shape index (κ1) is 23.9. The lowest BCUT2D eigenvalue weighted by molar-refractivity contribution is 0.144. The number of hydrogen-bond acceptors (Lipinski definition) is 5. The maximum absolute atomic E-state index is 11.2. The van der Waals surface area contributed by atoms with Crippen molar-refractivity contribution in [2.75, 3.05) is 52.4 Å². The van der Waals surface area contributed by atoms with E-state index in [2.05, 4.69) is 20.5 Å². The third-order valence-corrected chi connectivity index (χ3v) is 4.84. The fourth-order valence-electron chi connectivity index (χ4n) is 2.33. The van der Waals surface area contributed by atoms with Crippen molar-refractivity contribution in [3.8, 4) is 0 Å². The molecule has 0 radical (unpaired) electrons. The summed E-state index contributed by atoms with van der Waals surface area (Å²) in [6.45, 7) is 5.43. The Bertz CT molecular complexity index is 469. The van der Waals surface area contributed by atoms with Gasteiger partial charge in [-0.2, -0.15) is 0 Å². The molecule has 0 spiro atoms. The van der Waals surface area contributed by atoms with Crippen LogP contribution in [0.3, 0.4) is 0 Å². The Labute approximate surface area is 163 Å². The van der Waals surface area contributed by atoms with Gasteiger partial charge in [-0.1, -0.05) is 0 Å². The van der Waals surface area contributed by atoms with E-state index in [9.17, 15) is 8.42 Å². The molecule has 0 heterocycles. The van der Waals surface area contributed by atoms with Crippen molar-refractivity contribution in [2.45, 2.75) is 38.3 Å². The van der Waals surface area contributed by atoms with Crippen molar-refractivity contribution >= 4 is 39.8 Å². The Hall–Kier alpha value is -0.130. The Balaban J connectivity index is 0.00000529. The van der Waals surface area contributed by atoms with Gasteiger partial charge in [0.2, 0.25) is 0 Å². The second kappa shape index (κ2) is 12.3. The van der Waals surface area contributed by atoms with Crippen LogP contribution in [0.15, 0.2) is 4.99 Å². The van der Waals surface area contributed by atoms with E-state index in [4.69, 9.17) is 4.74 Å². The largest absolute Gasteiger partial charge is 0.383 e. The van der Waals surface area contributed by atoms with Crippen LogP contribution in [-0.4, -0.2) is 83.8 Å². The number of ether oxygens (including phenoxy) is 1. The van der Waals surface area contributed by atoms with E-state index in [1.165, 1.54) is 19.1 Å². The topological polar surface area (TPSA) is 83.0 Å². The molecule has 1 fully saturated rings. The SMILES string of the molecule is CN=C(NCCN(CCOC)C1CC1)NC(C)CCS(C)(=O)=O.I. The average molecular weight is 476 g/mol. The molecule has 0 bridgehead atoms. The van der Waals surface area contributed by atoms with Gasteiger partial charge in [0, 0.05) is 52.1 Å². The van der Waals surface area contributed by atoms with Gasteiger partial charge in [-0.25, -0.2) is 8.42 Å². The van der Waals surface area contributed by atoms with Gasteiger partial charge in [-0.3, -0.25) is 9.89 Å². The van der Waals surface area contributed by atoms with E-state index in [0.717, 1.165) is 26.2 Å². The van der Waals surface area contributed by atoms with E-state index in [0.29, 0.717) is 18.4 Å². The quantitative estimate of drug-likeness (QED) is 0.260. The van der Waals surface area contributed by atoms with Crippen LogP contribution in [0.25, 0.3) is 0 Å². The highest BCUT2D eigenvalue weighted by molar-refractivity contribution is 14.0. The molecule has 7 nitrogen and oxygen atoms in total. The van der Waals surface area contributed by atoms with Crippen LogP contribution in [0.1, 0.15) is 26.2 Å². The maximum Gasteiger partial charge on any atom is 0.191 e. The first-order chi connectivity index (χ1) is 10.9. The molecule has 0 aromatic heterocycles. The predicted octanol–water partition coefficient (Wildman–Crippen LogP) is 0.703. The predicted molar refractivity (Wildman–Crippen MR) is 110 cm³/mol. The van der Waals surface area contributed by atoms with Gasteiger partial charge in [0.15, 0.2) is 5.96 Å². The zero-order valence-electron chi connectivity index (χ0n) is 15.2. The summed E-state index contributed by atoms with van der Waals surface area (Å²) in [4.78, 5) is 6.64. The van der Waals surface area contributed by atoms with E-state index in [1.54, 1.807) is 14.2 Å². The third-order valence-electron chi connectivity index (χ3n) is 3.87. The molecule has 1 aliphatic rings. The van der Waals surface area contributed by atoms with E-state index < -0.39 is 9.84 Å². The number of hydrogen-bond donors (Lipinski definition) is 2. The number of sulfone groups is 1. The summed E-state index contributed by atoms with van der Waals surface area (Å²) < 4.78 is 27.6. The molecule has 1 aliphatic carbocycles. The van der Waals surface area contributed by atoms with Gasteiger partial charge < -0.3 is 15.4 Å². The second-order valence-electron chi connectivity index (χ2n) is 6.22. The lowest BCUT2D eigenvalue weighted by Gasteiger charge is -2.23. The van der Waals surface area contributed by atoms with Crippen LogP contribution < -0.4 is 10.6 Å². The van der Waals surface area contributed by atoms with E-state index in [1.807, 2.05) is 6.92 Å². The lowest BCUT2D eigenvalue weighted by atomic mass is 10.3. The van der Waals surface area contributed by atoms with E-state index in [-0.39, 0.29) is 35.8 Å². The Morgan fingerprint density at radius 3 is 2.54 bits per heavy atom. The number of nitrogens with zero attached hydrogens (tertiary/aromatic N) is 2. The molecule has 1 saturated carbocycles. The molecule has 24 heavy (non-hydrogen) atoms. The van der Waals surface area contributed by atoms with Crippen molar-refractivity contribution in [2.24, 2.45) is 4.99 Å². The molecule has 0 aliphatic heterocycles. The highest BCUT2D eigenvalue weighted by Crippen LogP contribution is 2.25. The minimum Gasteiger partial charge on any atom is -0.383 e. The zero-order chi connectivity index (χ0) is 17.3. The number of nitrogens with one attached hydrogen (secondary N) is 2.